The molecule has 0 bridgehead atoms. The Hall–Kier alpha value is -2.76. The summed E-state index contributed by atoms with van der Waals surface area (Å²) in [7, 11) is 0. The van der Waals surface area contributed by atoms with Crippen molar-refractivity contribution < 1.29 is 18.7 Å². The molecule has 0 saturated carbocycles. The maximum atomic E-state index is 12.3. The summed E-state index contributed by atoms with van der Waals surface area (Å²) in [6, 6.07) is 6.80. The number of carbonyl (C=O) groups is 1. The van der Waals surface area contributed by atoms with Crippen LogP contribution in [0.2, 0.25) is 0 Å². The van der Waals surface area contributed by atoms with Gasteiger partial charge in [-0.3, -0.25) is 4.79 Å². The van der Waals surface area contributed by atoms with Crippen molar-refractivity contribution in [3.05, 3.63) is 57.1 Å². The lowest BCUT2D eigenvalue weighted by atomic mass is 10.1. The van der Waals surface area contributed by atoms with Crippen molar-refractivity contribution in [2.75, 3.05) is 6.79 Å². The lowest BCUT2D eigenvalue weighted by Crippen LogP contribution is -2.25. The van der Waals surface area contributed by atoms with Crippen molar-refractivity contribution in [2.24, 2.45) is 0 Å². The maximum absolute atomic E-state index is 12.3. The molecule has 0 radical (unpaired) electrons. The molecular formula is C16H15NO5. The quantitative estimate of drug-likeness (QED) is 0.937. The number of benzene rings is 1. The highest BCUT2D eigenvalue weighted by Gasteiger charge is 2.16. The Morgan fingerprint density at radius 2 is 1.95 bits per heavy atom. The first kappa shape index (κ1) is 14.2. The molecule has 1 aromatic carbocycles. The molecule has 6 nitrogen and oxygen atoms in total. The molecule has 3 rings (SSSR count). The van der Waals surface area contributed by atoms with Gasteiger partial charge in [0.1, 0.15) is 5.76 Å². The highest BCUT2D eigenvalue weighted by molar-refractivity contribution is 5.96. The van der Waals surface area contributed by atoms with Crippen LogP contribution < -0.4 is 20.4 Å². The molecule has 6 heteroatoms. The maximum Gasteiger partial charge on any atom is 0.336 e. The molecule has 2 aromatic rings. The van der Waals surface area contributed by atoms with Crippen LogP contribution >= 0.6 is 0 Å². The average molecular weight is 301 g/mol. The van der Waals surface area contributed by atoms with Crippen LogP contribution in [0.3, 0.4) is 0 Å². The average Bonchev–Trinajstić information content (AvgIpc) is 2.91. The van der Waals surface area contributed by atoms with Gasteiger partial charge in [0.05, 0.1) is 5.56 Å². The number of rotatable bonds is 3. The summed E-state index contributed by atoms with van der Waals surface area (Å²) in [5, 5.41) is 2.81. The molecule has 0 saturated heterocycles. The van der Waals surface area contributed by atoms with E-state index in [1.807, 2.05) is 18.2 Å². The van der Waals surface area contributed by atoms with Gasteiger partial charge in [0.2, 0.25) is 6.79 Å². The van der Waals surface area contributed by atoms with Crippen LogP contribution in [0.4, 0.5) is 0 Å². The predicted octanol–water partition coefficient (Wildman–Crippen LogP) is 1.92. The smallest absolute Gasteiger partial charge is 0.336 e. The van der Waals surface area contributed by atoms with Crippen LogP contribution in [0.1, 0.15) is 27.2 Å². The first-order chi connectivity index (χ1) is 10.5. The summed E-state index contributed by atoms with van der Waals surface area (Å²) in [5.74, 6) is 1.40. The molecule has 1 amide bonds. The summed E-state index contributed by atoms with van der Waals surface area (Å²) in [6.45, 7) is 3.86. The summed E-state index contributed by atoms with van der Waals surface area (Å²) in [4.78, 5) is 23.5. The van der Waals surface area contributed by atoms with Gasteiger partial charge in [-0.05, 0) is 37.1 Å². The molecule has 0 spiro atoms. The largest absolute Gasteiger partial charge is 0.454 e. The predicted molar refractivity (Wildman–Crippen MR) is 78.2 cm³/mol. The van der Waals surface area contributed by atoms with Gasteiger partial charge in [-0.15, -0.1) is 0 Å². The topological polar surface area (TPSA) is 77.8 Å². The van der Waals surface area contributed by atoms with Gasteiger partial charge < -0.3 is 19.2 Å². The second-order valence-corrected chi connectivity index (χ2v) is 5.05. The van der Waals surface area contributed by atoms with Crippen molar-refractivity contribution in [3.63, 3.8) is 0 Å². The first-order valence-corrected chi connectivity index (χ1v) is 6.82. The lowest BCUT2D eigenvalue weighted by molar-refractivity contribution is 0.0946. The third-order valence-corrected chi connectivity index (χ3v) is 3.45. The van der Waals surface area contributed by atoms with E-state index in [2.05, 4.69) is 5.32 Å². The molecule has 1 N–H and O–H groups in total. The second kappa shape index (κ2) is 5.55. The van der Waals surface area contributed by atoms with Gasteiger partial charge in [-0.1, -0.05) is 6.07 Å². The van der Waals surface area contributed by atoms with E-state index >= 15 is 0 Å². The van der Waals surface area contributed by atoms with Crippen molar-refractivity contribution in [2.45, 2.75) is 20.4 Å². The fourth-order valence-electron chi connectivity index (χ4n) is 2.42. The number of nitrogens with one attached hydrogen (secondary N) is 1. The van der Waals surface area contributed by atoms with E-state index in [1.165, 1.54) is 6.07 Å². The Kier molecular flexibility index (Phi) is 3.58. The number of carbonyl (C=O) groups excluding carboxylic acids is 1. The van der Waals surface area contributed by atoms with Gasteiger partial charge >= 0.3 is 5.63 Å². The number of fused-ring (bicyclic) bond motifs is 1. The molecule has 114 valence electrons. The van der Waals surface area contributed by atoms with Crippen molar-refractivity contribution in [1.82, 2.24) is 5.32 Å². The summed E-state index contributed by atoms with van der Waals surface area (Å²) >= 11 is 0. The number of aryl methyl sites for hydroxylation is 2. The number of hydrogen-bond donors (Lipinski definition) is 1. The van der Waals surface area contributed by atoms with Gasteiger partial charge in [-0.2, -0.15) is 0 Å². The van der Waals surface area contributed by atoms with Gasteiger partial charge in [0.15, 0.2) is 11.5 Å². The van der Waals surface area contributed by atoms with Crippen LogP contribution in [-0.2, 0) is 6.54 Å². The zero-order chi connectivity index (χ0) is 15.7. The Bertz CT molecular complexity index is 767. The molecule has 1 aliphatic rings. The minimum Gasteiger partial charge on any atom is -0.454 e. The van der Waals surface area contributed by atoms with Crippen LogP contribution in [-0.4, -0.2) is 12.7 Å². The fraction of sp³-hybridized carbons (Fsp3) is 0.250. The Morgan fingerprint density at radius 1 is 1.18 bits per heavy atom. The highest BCUT2D eigenvalue weighted by Crippen LogP contribution is 2.32. The monoisotopic (exact) mass is 301 g/mol. The van der Waals surface area contributed by atoms with E-state index in [0.717, 1.165) is 5.56 Å². The zero-order valence-corrected chi connectivity index (χ0v) is 12.3. The molecule has 0 fully saturated rings. The normalized spacial score (nSPS) is 12.3. The van der Waals surface area contributed by atoms with Crippen molar-refractivity contribution >= 4 is 5.91 Å². The standard InChI is InChI=1S/C16H15NO5/c1-9-5-14(18)22-10(2)15(9)16(19)17-7-11-3-4-12-13(6-11)21-8-20-12/h3-6H,7-8H2,1-2H3,(H,17,19). The van der Waals surface area contributed by atoms with Gasteiger partial charge in [0.25, 0.3) is 5.91 Å². The minimum atomic E-state index is -0.456. The van der Waals surface area contributed by atoms with Crippen molar-refractivity contribution in [1.29, 1.82) is 0 Å². The third-order valence-electron chi connectivity index (χ3n) is 3.45. The van der Waals surface area contributed by atoms with Crippen LogP contribution in [0, 0.1) is 13.8 Å². The second-order valence-electron chi connectivity index (χ2n) is 5.05. The Morgan fingerprint density at radius 3 is 2.73 bits per heavy atom. The van der Waals surface area contributed by atoms with E-state index < -0.39 is 5.63 Å². The van der Waals surface area contributed by atoms with Gasteiger partial charge in [0, 0.05) is 12.6 Å². The zero-order valence-electron chi connectivity index (χ0n) is 12.3. The van der Waals surface area contributed by atoms with E-state index in [0.29, 0.717) is 34.9 Å². The van der Waals surface area contributed by atoms with E-state index in [1.54, 1.807) is 13.8 Å². The number of amides is 1. The molecule has 0 aliphatic carbocycles. The number of ether oxygens (including phenoxy) is 2. The fourth-order valence-corrected chi connectivity index (χ4v) is 2.42. The minimum absolute atomic E-state index is 0.215. The Labute approximate surface area is 126 Å². The summed E-state index contributed by atoms with van der Waals surface area (Å²) < 4.78 is 15.5. The molecule has 1 aromatic heterocycles. The van der Waals surface area contributed by atoms with Crippen LogP contribution in [0.5, 0.6) is 11.5 Å². The molecular weight excluding hydrogens is 286 g/mol. The molecule has 0 atom stereocenters. The molecule has 0 unspecified atom stereocenters. The van der Waals surface area contributed by atoms with E-state index in [4.69, 9.17) is 13.9 Å². The SMILES string of the molecule is Cc1cc(=O)oc(C)c1C(=O)NCc1ccc2c(c1)OCO2. The lowest BCUT2D eigenvalue weighted by Gasteiger charge is -2.09. The molecule has 1 aliphatic heterocycles. The van der Waals surface area contributed by atoms with E-state index in [9.17, 15) is 9.59 Å². The third kappa shape index (κ3) is 2.67. The molecule has 2 heterocycles. The van der Waals surface area contributed by atoms with Crippen molar-refractivity contribution in [3.8, 4) is 11.5 Å². The summed E-state index contributed by atoms with van der Waals surface area (Å²) in [6.07, 6.45) is 0. The van der Waals surface area contributed by atoms with Crippen LogP contribution in [0.25, 0.3) is 0 Å². The van der Waals surface area contributed by atoms with Crippen LogP contribution in [0.15, 0.2) is 33.5 Å². The summed E-state index contributed by atoms with van der Waals surface area (Å²) in [5.41, 5.74) is 1.42. The van der Waals surface area contributed by atoms with Gasteiger partial charge in [-0.25, -0.2) is 4.79 Å². The Balaban J connectivity index is 1.74. The first-order valence-electron chi connectivity index (χ1n) is 6.82. The van der Waals surface area contributed by atoms with E-state index in [-0.39, 0.29) is 12.7 Å². The number of hydrogen-bond acceptors (Lipinski definition) is 5. The molecule has 22 heavy (non-hydrogen) atoms. The highest BCUT2D eigenvalue weighted by atomic mass is 16.7.